The Hall–Kier alpha value is -3.84. The molecule has 7 nitrogen and oxygen atoms in total. The number of methoxy groups -OCH3 is 2. The summed E-state index contributed by atoms with van der Waals surface area (Å²) >= 11 is 6.11. The van der Waals surface area contributed by atoms with E-state index in [1.54, 1.807) is 66.7 Å². The Kier molecular flexibility index (Phi) is 5.29. The maximum atomic E-state index is 13.8. The molecule has 0 saturated carbocycles. The average molecular weight is 478 g/mol. The summed E-state index contributed by atoms with van der Waals surface area (Å²) in [4.78, 5) is 41.7. The lowest BCUT2D eigenvalue weighted by Crippen LogP contribution is -2.46. The van der Waals surface area contributed by atoms with Gasteiger partial charge in [0.1, 0.15) is 22.7 Å². The average Bonchev–Trinajstić information content (AvgIpc) is 3.31. The number of imide groups is 1. The van der Waals surface area contributed by atoms with E-state index < -0.39 is 29.1 Å². The van der Waals surface area contributed by atoms with Gasteiger partial charge in [0, 0.05) is 17.0 Å². The second-order valence-corrected chi connectivity index (χ2v) is 8.53. The SMILES string of the molecule is COc1ccc(N2C(=O)C[C@@H]([C@@]3(c4ccc(Cl)cc4)C(=O)Oc4ccc(OC)cc43)C2=O)cc1. The van der Waals surface area contributed by atoms with Gasteiger partial charge in [-0.2, -0.15) is 0 Å². The summed E-state index contributed by atoms with van der Waals surface area (Å²) < 4.78 is 16.2. The maximum Gasteiger partial charge on any atom is 0.327 e. The molecule has 1 fully saturated rings. The molecule has 2 aliphatic rings. The van der Waals surface area contributed by atoms with E-state index in [9.17, 15) is 14.4 Å². The van der Waals surface area contributed by atoms with E-state index in [-0.39, 0.29) is 6.42 Å². The number of ether oxygens (including phenoxy) is 3. The third-order valence-electron chi connectivity index (χ3n) is 6.44. The summed E-state index contributed by atoms with van der Waals surface area (Å²) in [5, 5.41) is 0.477. The van der Waals surface area contributed by atoms with Crippen LogP contribution in [0.1, 0.15) is 17.5 Å². The van der Waals surface area contributed by atoms with Gasteiger partial charge in [0.2, 0.25) is 11.8 Å². The lowest BCUT2D eigenvalue weighted by atomic mass is 9.65. The quantitative estimate of drug-likeness (QED) is 0.312. The molecule has 5 rings (SSSR count). The highest BCUT2D eigenvalue weighted by molar-refractivity contribution is 6.30. The summed E-state index contributed by atoms with van der Waals surface area (Å²) in [6.07, 6.45) is -0.167. The molecular formula is C26H20ClNO6. The fraction of sp³-hybridized carbons (Fsp3) is 0.192. The molecule has 0 aliphatic carbocycles. The number of hydrogen-bond acceptors (Lipinski definition) is 6. The molecule has 0 bridgehead atoms. The van der Waals surface area contributed by atoms with E-state index >= 15 is 0 Å². The van der Waals surface area contributed by atoms with Crippen molar-refractivity contribution in [2.75, 3.05) is 19.1 Å². The topological polar surface area (TPSA) is 82.1 Å². The van der Waals surface area contributed by atoms with E-state index in [0.717, 1.165) is 4.90 Å². The molecule has 1 saturated heterocycles. The number of fused-ring (bicyclic) bond motifs is 1. The number of carbonyl (C=O) groups excluding carboxylic acids is 3. The van der Waals surface area contributed by atoms with Crippen LogP contribution in [0.5, 0.6) is 17.2 Å². The molecule has 8 heteroatoms. The normalized spacial score (nSPS) is 21.4. The number of benzene rings is 3. The van der Waals surface area contributed by atoms with E-state index in [0.29, 0.717) is 39.1 Å². The lowest BCUT2D eigenvalue weighted by molar-refractivity contribution is -0.141. The van der Waals surface area contributed by atoms with E-state index in [4.69, 9.17) is 25.8 Å². The number of esters is 1. The highest BCUT2D eigenvalue weighted by Gasteiger charge is 2.62. The predicted molar refractivity (Wildman–Crippen MR) is 124 cm³/mol. The second-order valence-electron chi connectivity index (χ2n) is 8.09. The maximum absolute atomic E-state index is 13.8. The minimum absolute atomic E-state index is 0.167. The molecule has 172 valence electrons. The van der Waals surface area contributed by atoms with Crippen LogP contribution in [-0.4, -0.2) is 32.0 Å². The predicted octanol–water partition coefficient (Wildman–Crippen LogP) is 4.14. The zero-order valence-electron chi connectivity index (χ0n) is 18.4. The third-order valence-corrected chi connectivity index (χ3v) is 6.69. The number of anilines is 1. The first kappa shape index (κ1) is 22.0. The van der Waals surface area contributed by atoms with E-state index in [2.05, 4.69) is 0 Å². The van der Waals surface area contributed by atoms with Crippen LogP contribution in [0, 0.1) is 5.92 Å². The van der Waals surface area contributed by atoms with Gasteiger partial charge in [-0.15, -0.1) is 0 Å². The van der Waals surface area contributed by atoms with Gasteiger partial charge >= 0.3 is 5.97 Å². The third kappa shape index (κ3) is 3.15. The van der Waals surface area contributed by atoms with Gasteiger partial charge in [-0.3, -0.25) is 19.3 Å². The van der Waals surface area contributed by atoms with Crippen molar-refractivity contribution in [3.05, 3.63) is 82.9 Å². The molecule has 34 heavy (non-hydrogen) atoms. The Balaban J connectivity index is 1.69. The van der Waals surface area contributed by atoms with Crippen molar-refractivity contribution in [2.45, 2.75) is 11.8 Å². The Morgan fingerprint density at radius 1 is 0.912 bits per heavy atom. The second kappa shape index (κ2) is 8.18. The molecule has 0 spiro atoms. The fourth-order valence-electron chi connectivity index (χ4n) is 4.81. The number of carbonyl (C=O) groups is 3. The van der Waals surface area contributed by atoms with Gasteiger partial charge in [-0.05, 0) is 60.2 Å². The van der Waals surface area contributed by atoms with Gasteiger partial charge in [0.05, 0.1) is 25.8 Å². The number of rotatable bonds is 5. The number of nitrogens with zero attached hydrogens (tertiary/aromatic N) is 1. The van der Waals surface area contributed by atoms with E-state index in [1.807, 2.05) is 0 Å². The van der Waals surface area contributed by atoms with Crippen LogP contribution in [0.3, 0.4) is 0 Å². The first-order chi connectivity index (χ1) is 16.4. The first-order valence-electron chi connectivity index (χ1n) is 10.6. The van der Waals surface area contributed by atoms with Crippen molar-refractivity contribution in [1.82, 2.24) is 0 Å². The minimum Gasteiger partial charge on any atom is -0.497 e. The zero-order valence-corrected chi connectivity index (χ0v) is 19.2. The monoisotopic (exact) mass is 477 g/mol. The van der Waals surface area contributed by atoms with Crippen molar-refractivity contribution in [2.24, 2.45) is 5.92 Å². The minimum atomic E-state index is -1.54. The smallest absolute Gasteiger partial charge is 0.327 e. The highest BCUT2D eigenvalue weighted by atomic mass is 35.5. The van der Waals surface area contributed by atoms with Crippen molar-refractivity contribution in [3.8, 4) is 17.2 Å². The van der Waals surface area contributed by atoms with Crippen LogP contribution >= 0.6 is 11.6 Å². The van der Waals surface area contributed by atoms with Crippen LogP contribution in [0.4, 0.5) is 5.69 Å². The molecule has 0 unspecified atom stereocenters. The molecule has 2 heterocycles. The van der Waals surface area contributed by atoms with Crippen LogP contribution in [0.15, 0.2) is 66.7 Å². The van der Waals surface area contributed by atoms with Crippen LogP contribution in [0.25, 0.3) is 0 Å². The molecule has 0 N–H and O–H groups in total. The molecule has 3 aromatic rings. The number of amides is 2. The Morgan fingerprint density at radius 2 is 1.56 bits per heavy atom. The molecule has 0 aromatic heterocycles. The number of halogens is 1. The Labute approximate surface area is 200 Å². The Morgan fingerprint density at radius 3 is 2.21 bits per heavy atom. The molecule has 0 radical (unpaired) electrons. The van der Waals surface area contributed by atoms with Gasteiger partial charge in [0.25, 0.3) is 0 Å². The molecular weight excluding hydrogens is 458 g/mol. The van der Waals surface area contributed by atoms with Gasteiger partial charge in [-0.1, -0.05) is 23.7 Å². The summed E-state index contributed by atoms with van der Waals surface area (Å²) in [5.41, 5.74) is -0.150. The van der Waals surface area contributed by atoms with Crippen LogP contribution < -0.4 is 19.1 Å². The van der Waals surface area contributed by atoms with Crippen molar-refractivity contribution < 1.29 is 28.6 Å². The van der Waals surface area contributed by atoms with Gasteiger partial charge in [0.15, 0.2) is 0 Å². The van der Waals surface area contributed by atoms with Crippen molar-refractivity contribution in [3.63, 3.8) is 0 Å². The van der Waals surface area contributed by atoms with Gasteiger partial charge < -0.3 is 14.2 Å². The molecule has 2 aliphatic heterocycles. The Bertz CT molecular complexity index is 1300. The number of hydrogen-bond donors (Lipinski definition) is 0. The summed E-state index contributed by atoms with van der Waals surface area (Å²) in [6, 6.07) is 18.3. The summed E-state index contributed by atoms with van der Waals surface area (Å²) in [7, 11) is 3.05. The first-order valence-corrected chi connectivity index (χ1v) is 11.0. The largest absolute Gasteiger partial charge is 0.497 e. The zero-order chi connectivity index (χ0) is 24.0. The fourth-order valence-corrected chi connectivity index (χ4v) is 4.94. The van der Waals surface area contributed by atoms with Crippen LogP contribution in [0.2, 0.25) is 5.02 Å². The standard InChI is InChI=1S/C26H20ClNO6/c1-32-18-9-7-17(8-10-18)28-23(29)14-21(24(28)30)26(15-3-5-16(27)6-4-15)20-13-19(33-2)11-12-22(20)34-25(26)31/h3-13,21H,14H2,1-2H3/t21-,26+/m1/s1. The van der Waals surface area contributed by atoms with Crippen molar-refractivity contribution in [1.29, 1.82) is 0 Å². The van der Waals surface area contributed by atoms with Crippen LogP contribution in [-0.2, 0) is 19.8 Å². The van der Waals surface area contributed by atoms with Crippen molar-refractivity contribution >= 4 is 35.1 Å². The highest BCUT2D eigenvalue weighted by Crippen LogP contribution is 2.53. The lowest BCUT2D eigenvalue weighted by Gasteiger charge is -2.31. The van der Waals surface area contributed by atoms with E-state index in [1.165, 1.54) is 14.2 Å². The summed E-state index contributed by atoms with van der Waals surface area (Å²) in [6.45, 7) is 0. The molecule has 2 atom stereocenters. The molecule has 3 aromatic carbocycles. The summed E-state index contributed by atoms with van der Waals surface area (Å²) in [5.74, 6) is -1.12. The molecule has 2 amide bonds. The van der Waals surface area contributed by atoms with Gasteiger partial charge in [-0.25, -0.2) is 0 Å².